The van der Waals surface area contributed by atoms with Crippen molar-refractivity contribution in [3.05, 3.63) is 29.8 Å². The van der Waals surface area contributed by atoms with Crippen molar-refractivity contribution in [2.24, 2.45) is 0 Å². The molecule has 0 unspecified atom stereocenters. The molecule has 0 radical (unpaired) electrons. The Morgan fingerprint density at radius 3 is 2.41 bits per heavy atom. The van der Waals surface area contributed by atoms with Crippen molar-refractivity contribution in [2.75, 3.05) is 6.61 Å². The second kappa shape index (κ2) is 6.14. The molecule has 0 amide bonds. The minimum Gasteiger partial charge on any atom is -0.281 e. The summed E-state index contributed by atoms with van der Waals surface area (Å²) in [6.45, 7) is 1.82. The van der Waals surface area contributed by atoms with Crippen molar-refractivity contribution in [2.45, 2.75) is 24.7 Å². The molecule has 0 atom stereocenters. The van der Waals surface area contributed by atoms with Crippen molar-refractivity contribution in [1.82, 2.24) is 0 Å². The third-order valence-electron chi connectivity index (χ3n) is 2.07. The van der Waals surface area contributed by atoms with Gasteiger partial charge in [0.2, 0.25) is 5.24 Å². The number of hydrogen-bond donors (Lipinski definition) is 0. The Hall–Kier alpha value is -0.910. The molecular formula is C11H13ClO4S. The fourth-order valence-electron chi connectivity index (χ4n) is 1.15. The molecule has 0 spiro atoms. The van der Waals surface area contributed by atoms with Gasteiger partial charge >= 0.3 is 0 Å². The zero-order valence-corrected chi connectivity index (χ0v) is 10.9. The summed E-state index contributed by atoms with van der Waals surface area (Å²) in [5.74, 6) is 0. The first-order chi connectivity index (χ1) is 7.92. The van der Waals surface area contributed by atoms with Crippen LogP contribution in [0.25, 0.3) is 0 Å². The third kappa shape index (κ3) is 4.85. The van der Waals surface area contributed by atoms with Crippen LogP contribution in [-0.4, -0.2) is 20.3 Å². The van der Waals surface area contributed by atoms with E-state index in [1.54, 1.807) is 12.1 Å². The molecule has 1 rings (SSSR count). The maximum Gasteiger partial charge on any atom is 0.296 e. The van der Waals surface area contributed by atoms with E-state index in [2.05, 4.69) is 0 Å². The predicted octanol–water partition coefficient (Wildman–Crippen LogP) is 2.25. The quantitative estimate of drug-likeness (QED) is 0.454. The Morgan fingerprint density at radius 1 is 1.29 bits per heavy atom. The van der Waals surface area contributed by atoms with E-state index in [-0.39, 0.29) is 24.3 Å². The van der Waals surface area contributed by atoms with E-state index in [1.165, 1.54) is 12.1 Å². The molecule has 0 aliphatic rings. The molecule has 17 heavy (non-hydrogen) atoms. The summed E-state index contributed by atoms with van der Waals surface area (Å²) in [5.41, 5.74) is 0.969. The second-order valence-electron chi connectivity index (χ2n) is 3.55. The lowest BCUT2D eigenvalue weighted by atomic mass is 10.2. The van der Waals surface area contributed by atoms with Crippen LogP contribution in [0.1, 0.15) is 18.4 Å². The largest absolute Gasteiger partial charge is 0.296 e. The first-order valence-corrected chi connectivity index (χ1v) is 6.85. The molecule has 0 aromatic heterocycles. The molecule has 1 aromatic rings. The molecule has 1 aromatic carbocycles. The van der Waals surface area contributed by atoms with Gasteiger partial charge in [-0.3, -0.25) is 8.98 Å². The van der Waals surface area contributed by atoms with Crippen LogP contribution in [-0.2, 0) is 19.1 Å². The molecule has 0 aliphatic heterocycles. The van der Waals surface area contributed by atoms with Crippen LogP contribution >= 0.6 is 11.6 Å². The number of carbonyl (C=O) groups is 1. The highest BCUT2D eigenvalue weighted by Crippen LogP contribution is 2.13. The van der Waals surface area contributed by atoms with Crippen LogP contribution in [0.2, 0.25) is 0 Å². The van der Waals surface area contributed by atoms with E-state index in [0.717, 1.165) is 5.56 Å². The van der Waals surface area contributed by atoms with Gasteiger partial charge in [-0.1, -0.05) is 17.7 Å². The molecule has 0 heterocycles. The van der Waals surface area contributed by atoms with Crippen molar-refractivity contribution in [3.63, 3.8) is 0 Å². The highest BCUT2D eigenvalue weighted by Gasteiger charge is 2.14. The van der Waals surface area contributed by atoms with E-state index in [4.69, 9.17) is 15.8 Å². The minimum atomic E-state index is -3.73. The maximum atomic E-state index is 11.6. The number of rotatable bonds is 6. The summed E-state index contributed by atoms with van der Waals surface area (Å²) in [5, 5.41) is -0.499. The highest BCUT2D eigenvalue weighted by atomic mass is 35.5. The summed E-state index contributed by atoms with van der Waals surface area (Å²) in [4.78, 5) is 10.5. The van der Waals surface area contributed by atoms with Crippen LogP contribution in [0.5, 0.6) is 0 Å². The molecule has 6 heteroatoms. The third-order valence-corrected chi connectivity index (χ3v) is 3.58. The molecule has 0 bridgehead atoms. The predicted molar refractivity (Wildman–Crippen MR) is 64.4 cm³/mol. The molecule has 4 nitrogen and oxygen atoms in total. The SMILES string of the molecule is Cc1ccc(S(=O)(=O)OCCCC(=O)Cl)cc1. The van der Waals surface area contributed by atoms with Gasteiger partial charge in [-0.05, 0) is 37.1 Å². The Balaban J connectivity index is 2.57. The monoisotopic (exact) mass is 276 g/mol. The fourth-order valence-corrected chi connectivity index (χ4v) is 2.23. The van der Waals surface area contributed by atoms with Gasteiger partial charge in [0.05, 0.1) is 11.5 Å². The number of benzene rings is 1. The molecule has 0 N–H and O–H groups in total. The minimum absolute atomic E-state index is 0.0470. The Kier molecular flexibility index (Phi) is 5.11. The Morgan fingerprint density at radius 2 is 1.88 bits per heavy atom. The highest BCUT2D eigenvalue weighted by molar-refractivity contribution is 7.86. The van der Waals surface area contributed by atoms with Gasteiger partial charge in [0.1, 0.15) is 0 Å². The Labute approximate surface area is 106 Å². The van der Waals surface area contributed by atoms with E-state index >= 15 is 0 Å². The van der Waals surface area contributed by atoms with Crippen LogP contribution in [0.4, 0.5) is 0 Å². The first-order valence-electron chi connectivity index (χ1n) is 5.06. The molecule has 0 aliphatic carbocycles. The molecule has 0 fully saturated rings. The lowest BCUT2D eigenvalue weighted by Crippen LogP contribution is -2.08. The maximum absolute atomic E-state index is 11.6. The standard InChI is InChI=1S/C11H13ClO4S/c1-9-4-6-10(7-5-9)17(14,15)16-8-2-3-11(12)13/h4-7H,2-3,8H2,1H3. The molecule has 94 valence electrons. The smallest absolute Gasteiger partial charge is 0.281 e. The summed E-state index contributed by atoms with van der Waals surface area (Å²) in [6, 6.07) is 6.35. The summed E-state index contributed by atoms with van der Waals surface area (Å²) in [6.07, 6.45) is 0.387. The number of aryl methyl sites for hydroxylation is 1. The topological polar surface area (TPSA) is 60.4 Å². The normalized spacial score (nSPS) is 11.4. The summed E-state index contributed by atoms with van der Waals surface area (Å²) < 4.78 is 28.1. The van der Waals surface area contributed by atoms with Gasteiger partial charge < -0.3 is 0 Å². The molecular weight excluding hydrogens is 264 g/mol. The molecule has 0 saturated carbocycles. The average Bonchev–Trinajstić information content (AvgIpc) is 2.25. The van der Waals surface area contributed by atoms with Gasteiger partial charge in [0.25, 0.3) is 10.1 Å². The first kappa shape index (κ1) is 14.2. The van der Waals surface area contributed by atoms with Crippen LogP contribution in [0, 0.1) is 6.92 Å². The lowest BCUT2D eigenvalue weighted by molar-refractivity contribution is -0.111. The van der Waals surface area contributed by atoms with E-state index in [1.807, 2.05) is 6.92 Å². The van der Waals surface area contributed by atoms with Crippen molar-refractivity contribution >= 4 is 27.0 Å². The number of carbonyl (C=O) groups excluding carboxylic acids is 1. The Bertz CT molecular complexity index is 479. The average molecular weight is 277 g/mol. The number of halogens is 1. The van der Waals surface area contributed by atoms with Crippen molar-refractivity contribution in [3.8, 4) is 0 Å². The number of hydrogen-bond acceptors (Lipinski definition) is 4. The van der Waals surface area contributed by atoms with E-state index < -0.39 is 15.4 Å². The van der Waals surface area contributed by atoms with Crippen LogP contribution in [0.15, 0.2) is 29.2 Å². The van der Waals surface area contributed by atoms with Gasteiger partial charge in [0, 0.05) is 6.42 Å². The van der Waals surface area contributed by atoms with E-state index in [9.17, 15) is 13.2 Å². The van der Waals surface area contributed by atoms with E-state index in [0.29, 0.717) is 0 Å². The van der Waals surface area contributed by atoms with Crippen molar-refractivity contribution in [1.29, 1.82) is 0 Å². The van der Waals surface area contributed by atoms with Crippen LogP contribution < -0.4 is 0 Å². The van der Waals surface area contributed by atoms with Crippen LogP contribution in [0.3, 0.4) is 0 Å². The zero-order chi connectivity index (χ0) is 12.9. The van der Waals surface area contributed by atoms with Gasteiger partial charge in [-0.2, -0.15) is 8.42 Å². The zero-order valence-electron chi connectivity index (χ0n) is 9.35. The summed E-state index contributed by atoms with van der Waals surface area (Å²) in [7, 11) is -3.73. The van der Waals surface area contributed by atoms with Crippen molar-refractivity contribution < 1.29 is 17.4 Å². The van der Waals surface area contributed by atoms with Gasteiger partial charge in [0.15, 0.2) is 0 Å². The fraction of sp³-hybridized carbons (Fsp3) is 0.364. The van der Waals surface area contributed by atoms with Gasteiger partial charge in [-0.25, -0.2) is 0 Å². The molecule has 0 saturated heterocycles. The second-order valence-corrected chi connectivity index (χ2v) is 5.58. The lowest BCUT2D eigenvalue weighted by Gasteiger charge is -2.05. The summed E-state index contributed by atoms with van der Waals surface area (Å²) >= 11 is 5.12. The van der Waals surface area contributed by atoms with Gasteiger partial charge in [-0.15, -0.1) is 0 Å².